The molecule has 0 aromatic carbocycles. The lowest BCUT2D eigenvalue weighted by molar-refractivity contribution is 0.199. The minimum Gasteiger partial charge on any atom is -0.312 e. The van der Waals surface area contributed by atoms with Crippen LogP contribution in [0.5, 0.6) is 0 Å². The van der Waals surface area contributed by atoms with Gasteiger partial charge in [-0.2, -0.15) is 0 Å². The lowest BCUT2D eigenvalue weighted by Crippen LogP contribution is -2.48. The van der Waals surface area contributed by atoms with Crippen LogP contribution in [0.1, 0.15) is 36.6 Å². The van der Waals surface area contributed by atoms with Gasteiger partial charge in [0.1, 0.15) is 5.01 Å². The van der Waals surface area contributed by atoms with Crippen LogP contribution in [0.15, 0.2) is 6.20 Å². The molecule has 1 atom stereocenters. The molecular weight excluding hydrogens is 218 g/mol. The molecule has 0 aliphatic carbocycles. The van der Waals surface area contributed by atoms with E-state index in [2.05, 4.69) is 36.0 Å². The molecular formula is C12H21N3S. The van der Waals surface area contributed by atoms with Gasteiger partial charge in [0.25, 0.3) is 0 Å². The fourth-order valence-corrected chi connectivity index (χ4v) is 2.98. The molecule has 0 radical (unpaired) electrons. The fraction of sp³-hybridized carbons (Fsp3) is 0.750. The van der Waals surface area contributed by atoms with E-state index >= 15 is 0 Å². The van der Waals surface area contributed by atoms with Crippen LogP contribution in [0.25, 0.3) is 0 Å². The van der Waals surface area contributed by atoms with Crippen molar-refractivity contribution in [2.75, 3.05) is 19.6 Å². The van der Waals surface area contributed by atoms with Gasteiger partial charge < -0.3 is 5.32 Å². The second-order valence-electron chi connectivity index (χ2n) is 4.90. The second-order valence-corrected chi connectivity index (χ2v) is 6.05. The Balaban J connectivity index is 1.92. The first-order valence-corrected chi connectivity index (χ1v) is 6.87. The zero-order chi connectivity index (χ0) is 11.5. The molecule has 1 aromatic heterocycles. The zero-order valence-corrected chi connectivity index (χ0v) is 11.2. The largest absolute Gasteiger partial charge is 0.312 e. The van der Waals surface area contributed by atoms with Crippen LogP contribution >= 0.6 is 11.3 Å². The first kappa shape index (κ1) is 12.0. The highest BCUT2D eigenvalue weighted by atomic mass is 32.1. The molecule has 1 aliphatic heterocycles. The van der Waals surface area contributed by atoms with E-state index in [9.17, 15) is 0 Å². The number of nitrogens with zero attached hydrogens (tertiary/aromatic N) is 2. The third-order valence-electron chi connectivity index (χ3n) is 2.95. The Bertz CT molecular complexity index is 335. The lowest BCUT2D eigenvalue weighted by Gasteiger charge is -2.31. The maximum Gasteiger partial charge on any atom is 0.107 e. The molecule has 3 nitrogen and oxygen atoms in total. The lowest BCUT2D eigenvalue weighted by atomic mass is 10.2. The van der Waals surface area contributed by atoms with Gasteiger partial charge in [0.05, 0.1) is 6.54 Å². The average Bonchev–Trinajstić information content (AvgIpc) is 2.66. The second kappa shape index (κ2) is 5.25. The summed E-state index contributed by atoms with van der Waals surface area (Å²) < 4.78 is 0. The van der Waals surface area contributed by atoms with Crippen LogP contribution in [-0.2, 0) is 6.54 Å². The zero-order valence-electron chi connectivity index (χ0n) is 10.4. The number of hydrogen-bond acceptors (Lipinski definition) is 4. The first-order chi connectivity index (χ1) is 7.65. The van der Waals surface area contributed by atoms with Gasteiger partial charge in [-0.15, -0.1) is 11.3 Å². The monoisotopic (exact) mass is 239 g/mol. The van der Waals surface area contributed by atoms with Crippen LogP contribution in [-0.4, -0.2) is 35.6 Å². The maximum atomic E-state index is 4.51. The summed E-state index contributed by atoms with van der Waals surface area (Å²) in [7, 11) is 0. The Labute approximate surface area is 102 Å². The van der Waals surface area contributed by atoms with E-state index < -0.39 is 0 Å². The number of aromatic nitrogens is 1. The number of nitrogens with one attached hydrogen (secondary N) is 1. The maximum absolute atomic E-state index is 4.51. The van der Waals surface area contributed by atoms with Crippen molar-refractivity contribution in [3.63, 3.8) is 0 Å². The average molecular weight is 239 g/mol. The van der Waals surface area contributed by atoms with Gasteiger partial charge in [-0.1, -0.05) is 13.8 Å². The summed E-state index contributed by atoms with van der Waals surface area (Å²) in [6.45, 7) is 11.1. The van der Waals surface area contributed by atoms with E-state index in [0.717, 1.165) is 26.2 Å². The molecule has 16 heavy (non-hydrogen) atoms. The normalized spacial score (nSPS) is 22.9. The molecule has 1 N–H and O–H groups in total. The van der Waals surface area contributed by atoms with Gasteiger partial charge in [-0.25, -0.2) is 4.98 Å². The smallest absolute Gasteiger partial charge is 0.107 e. The molecule has 4 heteroatoms. The van der Waals surface area contributed by atoms with Crippen molar-refractivity contribution in [2.45, 2.75) is 39.3 Å². The number of rotatable bonds is 3. The van der Waals surface area contributed by atoms with Crippen molar-refractivity contribution in [3.8, 4) is 0 Å². The molecule has 0 amide bonds. The highest BCUT2D eigenvalue weighted by Crippen LogP contribution is 2.22. The van der Waals surface area contributed by atoms with Crippen LogP contribution in [0, 0.1) is 0 Å². The molecule has 1 aromatic rings. The van der Waals surface area contributed by atoms with E-state index in [1.54, 1.807) is 0 Å². The van der Waals surface area contributed by atoms with Crippen LogP contribution in [0.4, 0.5) is 0 Å². The molecule has 1 saturated heterocycles. The first-order valence-electron chi connectivity index (χ1n) is 6.05. The summed E-state index contributed by atoms with van der Waals surface area (Å²) in [5, 5.41) is 4.72. The minimum absolute atomic E-state index is 0.605. The Morgan fingerprint density at radius 1 is 1.62 bits per heavy atom. The van der Waals surface area contributed by atoms with E-state index in [-0.39, 0.29) is 0 Å². The van der Waals surface area contributed by atoms with Crippen molar-refractivity contribution in [3.05, 3.63) is 16.1 Å². The van der Waals surface area contributed by atoms with Gasteiger partial charge in [0, 0.05) is 36.8 Å². The van der Waals surface area contributed by atoms with Gasteiger partial charge in [-0.05, 0) is 12.8 Å². The molecule has 2 rings (SSSR count). The Kier molecular flexibility index (Phi) is 3.95. The summed E-state index contributed by atoms with van der Waals surface area (Å²) in [6, 6.07) is 0.610. The molecule has 2 heterocycles. The molecule has 1 fully saturated rings. The van der Waals surface area contributed by atoms with Gasteiger partial charge >= 0.3 is 0 Å². The highest BCUT2D eigenvalue weighted by molar-refractivity contribution is 7.11. The number of hydrogen-bond donors (Lipinski definition) is 1. The van der Waals surface area contributed by atoms with E-state index in [4.69, 9.17) is 0 Å². The highest BCUT2D eigenvalue weighted by Gasteiger charge is 2.17. The summed E-state index contributed by atoms with van der Waals surface area (Å²) in [5.74, 6) is 0.605. The topological polar surface area (TPSA) is 28.2 Å². The molecule has 0 saturated carbocycles. The van der Waals surface area contributed by atoms with Gasteiger partial charge in [0.15, 0.2) is 0 Å². The third-order valence-corrected chi connectivity index (χ3v) is 4.23. The predicted octanol–water partition coefficient (Wildman–Crippen LogP) is 2.06. The van der Waals surface area contributed by atoms with E-state index in [1.807, 2.05) is 17.5 Å². The third kappa shape index (κ3) is 3.03. The minimum atomic E-state index is 0.605. The molecule has 90 valence electrons. The van der Waals surface area contributed by atoms with Gasteiger partial charge in [-0.3, -0.25) is 4.90 Å². The number of piperazine rings is 1. The summed E-state index contributed by atoms with van der Waals surface area (Å²) in [4.78, 5) is 8.40. The SMILES string of the molecule is CC(C)c1cnc(CN2CCN[C@@H](C)C2)s1. The quantitative estimate of drug-likeness (QED) is 0.875. The molecule has 0 spiro atoms. The Hall–Kier alpha value is -0.450. The summed E-state index contributed by atoms with van der Waals surface area (Å²) >= 11 is 1.86. The van der Waals surface area contributed by atoms with Crippen LogP contribution in [0.3, 0.4) is 0 Å². The van der Waals surface area contributed by atoms with Crippen molar-refractivity contribution >= 4 is 11.3 Å². The molecule has 0 bridgehead atoms. The van der Waals surface area contributed by atoms with E-state index in [1.165, 1.54) is 9.88 Å². The van der Waals surface area contributed by atoms with Crippen molar-refractivity contribution in [2.24, 2.45) is 0 Å². The van der Waals surface area contributed by atoms with Crippen molar-refractivity contribution < 1.29 is 0 Å². The van der Waals surface area contributed by atoms with Crippen LogP contribution < -0.4 is 5.32 Å². The van der Waals surface area contributed by atoms with Crippen molar-refractivity contribution in [1.29, 1.82) is 0 Å². The van der Waals surface area contributed by atoms with Crippen molar-refractivity contribution in [1.82, 2.24) is 15.2 Å². The van der Waals surface area contributed by atoms with Gasteiger partial charge in [0.2, 0.25) is 0 Å². The van der Waals surface area contributed by atoms with Crippen LogP contribution in [0.2, 0.25) is 0 Å². The summed E-state index contributed by atoms with van der Waals surface area (Å²) in [5.41, 5.74) is 0. The Morgan fingerprint density at radius 3 is 3.06 bits per heavy atom. The Morgan fingerprint density at radius 2 is 2.44 bits per heavy atom. The fourth-order valence-electron chi connectivity index (χ4n) is 2.01. The number of thiazole rings is 1. The standard InChI is InChI=1S/C12H21N3S/c1-9(2)11-6-14-12(16-11)8-15-5-4-13-10(3)7-15/h6,9-10,13H,4-5,7-8H2,1-3H3/t10-/m0/s1. The molecule has 1 aliphatic rings. The predicted molar refractivity (Wildman–Crippen MR) is 68.9 cm³/mol. The van der Waals surface area contributed by atoms with E-state index in [0.29, 0.717) is 12.0 Å². The molecule has 0 unspecified atom stereocenters. The summed E-state index contributed by atoms with van der Waals surface area (Å²) in [6.07, 6.45) is 2.04.